The number of nitrogens with zero attached hydrogens (tertiary/aromatic N) is 4. The van der Waals surface area contributed by atoms with Crippen LogP contribution in [-0.2, 0) is 0 Å². The first-order chi connectivity index (χ1) is 14.1. The summed E-state index contributed by atoms with van der Waals surface area (Å²) in [6, 6.07) is 10.5. The van der Waals surface area contributed by atoms with E-state index in [1.54, 1.807) is 36.9 Å². The molecule has 29 heavy (non-hydrogen) atoms. The molecule has 4 aromatic heterocycles. The zero-order chi connectivity index (χ0) is 20.0. The Balaban J connectivity index is 1.88. The molecule has 0 radical (unpaired) electrons. The lowest BCUT2D eigenvalue weighted by Gasteiger charge is -2.13. The zero-order valence-electron chi connectivity index (χ0n) is 15.0. The van der Waals surface area contributed by atoms with Gasteiger partial charge in [0.05, 0.1) is 5.69 Å². The molecule has 5 nitrogen and oxygen atoms in total. The molecule has 1 aromatic carbocycles. The minimum Gasteiger partial charge on any atom is -0.383 e. The number of rotatable bonds is 2. The van der Waals surface area contributed by atoms with E-state index in [9.17, 15) is 8.78 Å². The number of hydrogen-bond acceptors (Lipinski definition) is 5. The summed E-state index contributed by atoms with van der Waals surface area (Å²) < 4.78 is 28.2. The van der Waals surface area contributed by atoms with Crippen LogP contribution in [0.1, 0.15) is 0 Å². The number of benzene rings is 1. The molecular formula is C22H13F2N5. The van der Waals surface area contributed by atoms with Crippen molar-refractivity contribution in [3.63, 3.8) is 0 Å². The summed E-state index contributed by atoms with van der Waals surface area (Å²) >= 11 is 0. The van der Waals surface area contributed by atoms with Crippen molar-refractivity contribution in [2.45, 2.75) is 0 Å². The van der Waals surface area contributed by atoms with Gasteiger partial charge in [0.1, 0.15) is 17.5 Å². The molecule has 140 valence electrons. The van der Waals surface area contributed by atoms with Crippen molar-refractivity contribution < 1.29 is 8.78 Å². The van der Waals surface area contributed by atoms with Gasteiger partial charge in [-0.05, 0) is 53.4 Å². The van der Waals surface area contributed by atoms with Crippen LogP contribution in [0.15, 0.2) is 67.3 Å². The van der Waals surface area contributed by atoms with E-state index >= 15 is 0 Å². The van der Waals surface area contributed by atoms with Crippen molar-refractivity contribution >= 4 is 27.6 Å². The largest absolute Gasteiger partial charge is 0.383 e. The van der Waals surface area contributed by atoms with Crippen molar-refractivity contribution in [1.29, 1.82) is 0 Å². The number of anilines is 1. The van der Waals surface area contributed by atoms with Gasteiger partial charge in [0.2, 0.25) is 0 Å². The predicted octanol–water partition coefficient (Wildman–Crippen LogP) is 4.77. The van der Waals surface area contributed by atoms with E-state index in [4.69, 9.17) is 5.73 Å². The Morgan fingerprint density at radius 3 is 2.55 bits per heavy atom. The van der Waals surface area contributed by atoms with Gasteiger partial charge < -0.3 is 5.73 Å². The van der Waals surface area contributed by atoms with E-state index in [2.05, 4.69) is 19.9 Å². The average Bonchev–Trinajstić information content (AvgIpc) is 2.75. The Kier molecular flexibility index (Phi) is 3.87. The number of fused-ring (bicyclic) bond motifs is 2. The summed E-state index contributed by atoms with van der Waals surface area (Å²) in [6.45, 7) is 0. The first-order valence-electron chi connectivity index (χ1n) is 8.81. The molecule has 0 aliphatic carbocycles. The van der Waals surface area contributed by atoms with Crippen molar-refractivity contribution in [3.8, 4) is 22.4 Å². The topological polar surface area (TPSA) is 77.6 Å². The van der Waals surface area contributed by atoms with Gasteiger partial charge >= 0.3 is 0 Å². The minimum atomic E-state index is -0.565. The number of aromatic nitrogens is 4. The zero-order valence-corrected chi connectivity index (χ0v) is 15.0. The van der Waals surface area contributed by atoms with Gasteiger partial charge in [-0.25, -0.2) is 23.7 Å². The minimum absolute atomic E-state index is 0.0631. The Morgan fingerprint density at radius 2 is 1.66 bits per heavy atom. The average molecular weight is 385 g/mol. The smallest absolute Gasteiger partial charge is 0.160 e. The molecule has 0 fully saturated rings. The summed E-state index contributed by atoms with van der Waals surface area (Å²) in [5.74, 6) is -0.745. The van der Waals surface area contributed by atoms with Crippen molar-refractivity contribution in [3.05, 3.63) is 78.9 Å². The number of nitrogen functional groups attached to an aromatic ring is 1. The van der Waals surface area contributed by atoms with Gasteiger partial charge in [0, 0.05) is 46.7 Å². The van der Waals surface area contributed by atoms with E-state index in [0.717, 1.165) is 40.1 Å². The molecule has 4 heterocycles. The molecule has 0 atom stereocenters. The van der Waals surface area contributed by atoms with Crippen LogP contribution in [0, 0.1) is 11.6 Å². The molecule has 0 unspecified atom stereocenters. The Hall–Kier alpha value is -4.00. The second kappa shape index (κ2) is 6.56. The lowest BCUT2D eigenvalue weighted by Crippen LogP contribution is -1.97. The molecule has 0 bridgehead atoms. The molecule has 0 aliphatic rings. The van der Waals surface area contributed by atoms with Crippen molar-refractivity contribution in [2.24, 2.45) is 0 Å². The van der Waals surface area contributed by atoms with E-state index in [1.165, 1.54) is 0 Å². The van der Waals surface area contributed by atoms with Crippen molar-refractivity contribution in [2.75, 3.05) is 5.73 Å². The highest BCUT2D eigenvalue weighted by atomic mass is 19.1. The highest BCUT2D eigenvalue weighted by molar-refractivity contribution is 6.06. The van der Waals surface area contributed by atoms with Crippen LogP contribution in [0.5, 0.6) is 0 Å². The van der Waals surface area contributed by atoms with Crippen LogP contribution >= 0.6 is 0 Å². The van der Waals surface area contributed by atoms with E-state index in [-0.39, 0.29) is 11.3 Å². The molecule has 2 N–H and O–H groups in total. The van der Waals surface area contributed by atoms with Gasteiger partial charge in [0.25, 0.3) is 0 Å². The fraction of sp³-hybridized carbons (Fsp3) is 0. The fourth-order valence-electron chi connectivity index (χ4n) is 3.43. The first-order valence-corrected chi connectivity index (χ1v) is 8.81. The Bertz CT molecular complexity index is 1400. The van der Waals surface area contributed by atoms with Gasteiger partial charge in [-0.1, -0.05) is 0 Å². The van der Waals surface area contributed by atoms with Crippen LogP contribution in [0.4, 0.5) is 14.6 Å². The molecule has 0 amide bonds. The predicted molar refractivity (Wildman–Crippen MR) is 108 cm³/mol. The molecule has 5 aromatic rings. The molecule has 0 aliphatic heterocycles. The second-order valence-electron chi connectivity index (χ2n) is 6.53. The van der Waals surface area contributed by atoms with Gasteiger partial charge in [-0.15, -0.1) is 0 Å². The standard InChI is InChI=1S/C22H13F2N5/c23-12-3-4-19(24)16(8-12)20-9-15(14-2-1-6-27-22(14)29-20)17-11-28-21(25)18-10-26-7-5-13(17)18/h1-11H,(H2,25,28). The lowest BCUT2D eigenvalue weighted by molar-refractivity contribution is 0.602. The Morgan fingerprint density at radius 1 is 0.759 bits per heavy atom. The van der Waals surface area contributed by atoms with E-state index < -0.39 is 11.6 Å². The molecule has 0 spiro atoms. The highest BCUT2D eigenvalue weighted by Crippen LogP contribution is 2.36. The first kappa shape index (κ1) is 17.1. The number of pyridine rings is 4. The number of halogens is 2. The van der Waals surface area contributed by atoms with Gasteiger partial charge in [0.15, 0.2) is 5.65 Å². The third-order valence-corrected chi connectivity index (χ3v) is 4.80. The number of hydrogen-bond donors (Lipinski definition) is 1. The van der Waals surface area contributed by atoms with Crippen molar-refractivity contribution in [1.82, 2.24) is 19.9 Å². The van der Waals surface area contributed by atoms with Crippen LogP contribution in [0.2, 0.25) is 0 Å². The van der Waals surface area contributed by atoms with Gasteiger partial charge in [-0.2, -0.15) is 0 Å². The maximum absolute atomic E-state index is 14.4. The molecular weight excluding hydrogens is 372 g/mol. The fourth-order valence-corrected chi connectivity index (χ4v) is 3.43. The van der Waals surface area contributed by atoms with Crippen LogP contribution in [0.3, 0.4) is 0 Å². The highest BCUT2D eigenvalue weighted by Gasteiger charge is 2.16. The molecule has 0 saturated heterocycles. The third kappa shape index (κ3) is 2.84. The molecule has 0 saturated carbocycles. The second-order valence-corrected chi connectivity index (χ2v) is 6.53. The Labute approximate surface area is 163 Å². The van der Waals surface area contributed by atoms with E-state index in [1.807, 2.05) is 12.1 Å². The summed E-state index contributed by atoms with van der Waals surface area (Å²) in [5, 5.41) is 2.31. The number of nitrogens with two attached hydrogens (primary N) is 1. The normalized spacial score (nSPS) is 11.2. The molecule has 5 rings (SSSR count). The summed E-state index contributed by atoms with van der Waals surface area (Å²) in [7, 11) is 0. The van der Waals surface area contributed by atoms with Crippen LogP contribution < -0.4 is 5.73 Å². The van der Waals surface area contributed by atoms with Gasteiger partial charge in [-0.3, -0.25) is 4.98 Å². The van der Waals surface area contributed by atoms with Crippen LogP contribution in [0.25, 0.3) is 44.2 Å². The SMILES string of the molecule is Nc1ncc(-c2cc(-c3cc(F)ccc3F)nc3ncccc23)c2ccncc12. The summed E-state index contributed by atoms with van der Waals surface area (Å²) in [5.41, 5.74) is 8.28. The van der Waals surface area contributed by atoms with E-state index in [0.29, 0.717) is 16.9 Å². The maximum Gasteiger partial charge on any atom is 0.160 e. The van der Waals surface area contributed by atoms with Crippen LogP contribution in [-0.4, -0.2) is 19.9 Å². The monoisotopic (exact) mass is 385 g/mol. The summed E-state index contributed by atoms with van der Waals surface area (Å²) in [4.78, 5) is 17.2. The maximum atomic E-state index is 14.4. The quantitative estimate of drug-likeness (QED) is 0.474. The molecule has 7 heteroatoms. The third-order valence-electron chi connectivity index (χ3n) is 4.80. The summed E-state index contributed by atoms with van der Waals surface area (Å²) in [6.07, 6.45) is 6.58. The lowest BCUT2D eigenvalue weighted by atomic mass is 9.97.